The molecule has 4 heteroatoms. The lowest BCUT2D eigenvalue weighted by atomic mass is 10.1. The van der Waals surface area contributed by atoms with E-state index in [9.17, 15) is 0 Å². The van der Waals surface area contributed by atoms with Crippen molar-refractivity contribution >= 4 is 0 Å². The molecule has 4 nitrogen and oxygen atoms in total. The number of rotatable bonds is 10. The first-order valence-electron chi connectivity index (χ1n) is 7.34. The van der Waals surface area contributed by atoms with Crippen LogP contribution in [0.3, 0.4) is 0 Å². The van der Waals surface area contributed by atoms with Gasteiger partial charge in [-0.2, -0.15) is 0 Å². The molecule has 0 aromatic carbocycles. The second-order valence-corrected chi connectivity index (χ2v) is 4.89. The number of unbranched alkanes of at least 4 members (excludes halogenated alkanes) is 2. The Labute approximate surface area is 120 Å². The third-order valence-electron chi connectivity index (χ3n) is 2.75. The summed E-state index contributed by atoms with van der Waals surface area (Å²) in [6.07, 6.45) is 7.89. The Hall–Kier alpha value is -0.420. The standard InChI is InChI=1S/C13H29N3.C2H6O/c1-3-13(15)8-7-12(2)11-16-10-6-4-5-9-14;1-3-2/h7,13,16H,3-6,8-11,14-15H2,1-2H3;1-2H3/b12-7+;/t13-;/m0./s1. The summed E-state index contributed by atoms with van der Waals surface area (Å²) in [7, 11) is 3.25. The molecule has 0 fully saturated rings. The van der Waals surface area contributed by atoms with Crippen molar-refractivity contribution in [3.63, 3.8) is 0 Å². The van der Waals surface area contributed by atoms with Gasteiger partial charge in [-0.15, -0.1) is 0 Å². The predicted octanol–water partition coefficient (Wildman–Crippen LogP) is 2.04. The zero-order valence-electron chi connectivity index (χ0n) is 13.4. The highest BCUT2D eigenvalue weighted by Crippen LogP contribution is 1.99. The fourth-order valence-corrected chi connectivity index (χ4v) is 1.45. The van der Waals surface area contributed by atoms with Gasteiger partial charge >= 0.3 is 0 Å². The van der Waals surface area contributed by atoms with Gasteiger partial charge in [0.25, 0.3) is 0 Å². The lowest BCUT2D eigenvalue weighted by molar-refractivity contribution is 0.277. The van der Waals surface area contributed by atoms with Gasteiger partial charge in [-0.25, -0.2) is 0 Å². The molecule has 0 bridgehead atoms. The second kappa shape index (κ2) is 17.6. The van der Waals surface area contributed by atoms with E-state index in [0.717, 1.165) is 38.9 Å². The van der Waals surface area contributed by atoms with Crippen LogP contribution in [0.1, 0.15) is 46.0 Å². The molecule has 5 N–H and O–H groups in total. The zero-order valence-corrected chi connectivity index (χ0v) is 13.4. The summed E-state index contributed by atoms with van der Waals surface area (Å²) in [5.41, 5.74) is 12.7. The number of methoxy groups -OCH3 is 1. The average Bonchev–Trinajstić information content (AvgIpc) is 2.40. The smallest absolute Gasteiger partial charge is 0.0351 e. The minimum absolute atomic E-state index is 0.319. The molecule has 0 saturated carbocycles. The molecule has 0 aromatic heterocycles. The Bertz CT molecular complexity index is 196. The van der Waals surface area contributed by atoms with Crippen molar-refractivity contribution in [3.8, 4) is 0 Å². The molecule has 19 heavy (non-hydrogen) atoms. The van der Waals surface area contributed by atoms with Crippen molar-refractivity contribution in [3.05, 3.63) is 11.6 Å². The van der Waals surface area contributed by atoms with Gasteiger partial charge in [0, 0.05) is 26.8 Å². The maximum absolute atomic E-state index is 5.85. The molecule has 0 rings (SSSR count). The van der Waals surface area contributed by atoms with Crippen LogP contribution in [0.4, 0.5) is 0 Å². The average molecular weight is 273 g/mol. The van der Waals surface area contributed by atoms with Gasteiger partial charge in [-0.1, -0.05) is 25.0 Å². The Kier molecular flexibility index (Phi) is 19.3. The molecular weight excluding hydrogens is 238 g/mol. The fourth-order valence-electron chi connectivity index (χ4n) is 1.45. The van der Waals surface area contributed by atoms with E-state index >= 15 is 0 Å². The van der Waals surface area contributed by atoms with E-state index in [4.69, 9.17) is 11.5 Å². The quantitative estimate of drug-likeness (QED) is 0.421. The van der Waals surface area contributed by atoms with E-state index in [2.05, 4.69) is 30.0 Å². The van der Waals surface area contributed by atoms with Gasteiger partial charge in [0.05, 0.1) is 0 Å². The summed E-state index contributed by atoms with van der Waals surface area (Å²) in [6, 6.07) is 0.319. The third-order valence-corrected chi connectivity index (χ3v) is 2.75. The van der Waals surface area contributed by atoms with E-state index in [1.807, 2.05) is 0 Å². The molecule has 0 unspecified atom stereocenters. The Morgan fingerprint density at radius 1 is 1.26 bits per heavy atom. The van der Waals surface area contributed by atoms with Crippen LogP contribution in [0.15, 0.2) is 11.6 Å². The minimum atomic E-state index is 0.319. The molecule has 0 radical (unpaired) electrons. The van der Waals surface area contributed by atoms with Crippen LogP contribution < -0.4 is 16.8 Å². The largest absolute Gasteiger partial charge is 0.388 e. The van der Waals surface area contributed by atoms with Gasteiger partial charge in [0.15, 0.2) is 0 Å². The van der Waals surface area contributed by atoms with Crippen LogP contribution in [-0.2, 0) is 4.74 Å². The summed E-state index contributed by atoms with van der Waals surface area (Å²) in [6.45, 7) is 7.18. The van der Waals surface area contributed by atoms with Crippen LogP contribution in [-0.4, -0.2) is 39.9 Å². The highest BCUT2D eigenvalue weighted by molar-refractivity contribution is 5.01. The van der Waals surface area contributed by atoms with E-state index in [1.165, 1.54) is 18.4 Å². The molecule has 0 aliphatic heterocycles. The molecular formula is C15H35N3O. The molecule has 0 aromatic rings. The Morgan fingerprint density at radius 3 is 2.42 bits per heavy atom. The maximum atomic E-state index is 5.85. The molecule has 116 valence electrons. The maximum Gasteiger partial charge on any atom is 0.0351 e. The molecule has 0 aliphatic rings. The van der Waals surface area contributed by atoms with Gasteiger partial charge in [0.2, 0.25) is 0 Å². The first kappa shape index (κ1) is 20.9. The molecule has 0 aliphatic carbocycles. The number of hydrogen-bond acceptors (Lipinski definition) is 4. The van der Waals surface area contributed by atoms with Crippen LogP contribution in [0.25, 0.3) is 0 Å². The lowest BCUT2D eigenvalue weighted by Gasteiger charge is -2.07. The van der Waals surface area contributed by atoms with E-state index in [0.29, 0.717) is 6.04 Å². The first-order chi connectivity index (χ1) is 9.12. The van der Waals surface area contributed by atoms with Crippen molar-refractivity contribution in [1.82, 2.24) is 5.32 Å². The topological polar surface area (TPSA) is 73.3 Å². The number of nitrogens with one attached hydrogen (secondary N) is 1. The Balaban J connectivity index is 0. The summed E-state index contributed by atoms with van der Waals surface area (Å²) < 4.78 is 4.25. The summed E-state index contributed by atoms with van der Waals surface area (Å²) in [5, 5.41) is 3.44. The number of ether oxygens (including phenoxy) is 1. The summed E-state index contributed by atoms with van der Waals surface area (Å²) >= 11 is 0. The van der Waals surface area contributed by atoms with Crippen LogP contribution in [0, 0.1) is 0 Å². The van der Waals surface area contributed by atoms with E-state index in [-0.39, 0.29) is 0 Å². The third kappa shape index (κ3) is 20.1. The highest BCUT2D eigenvalue weighted by atomic mass is 16.4. The monoisotopic (exact) mass is 273 g/mol. The molecule has 0 heterocycles. The molecule has 0 saturated heterocycles. The lowest BCUT2D eigenvalue weighted by Crippen LogP contribution is -2.19. The number of nitrogens with two attached hydrogens (primary N) is 2. The SMILES string of the molecule is CC[C@H](N)C/C=C(\C)CNCCCCCN.COC. The van der Waals surface area contributed by atoms with Gasteiger partial charge in [0.1, 0.15) is 0 Å². The van der Waals surface area contributed by atoms with E-state index in [1.54, 1.807) is 14.2 Å². The van der Waals surface area contributed by atoms with Gasteiger partial charge in [-0.3, -0.25) is 0 Å². The summed E-state index contributed by atoms with van der Waals surface area (Å²) in [5.74, 6) is 0. The van der Waals surface area contributed by atoms with Crippen LogP contribution in [0.2, 0.25) is 0 Å². The van der Waals surface area contributed by atoms with Crippen LogP contribution >= 0.6 is 0 Å². The fraction of sp³-hybridized carbons (Fsp3) is 0.867. The minimum Gasteiger partial charge on any atom is -0.388 e. The van der Waals surface area contributed by atoms with Crippen molar-refractivity contribution in [2.75, 3.05) is 33.9 Å². The Morgan fingerprint density at radius 2 is 1.89 bits per heavy atom. The van der Waals surface area contributed by atoms with E-state index < -0.39 is 0 Å². The normalized spacial score (nSPS) is 12.8. The molecule has 1 atom stereocenters. The predicted molar refractivity (Wildman–Crippen MR) is 85.3 cm³/mol. The zero-order chi connectivity index (χ0) is 14.9. The van der Waals surface area contributed by atoms with Crippen LogP contribution in [0.5, 0.6) is 0 Å². The number of hydrogen-bond donors (Lipinski definition) is 3. The second-order valence-electron chi connectivity index (χ2n) is 4.89. The first-order valence-corrected chi connectivity index (χ1v) is 7.34. The van der Waals surface area contributed by atoms with Crippen molar-refractivity contribution in [2.24, 2.45) is 11.5 Å². The molecule has 0 spiro atoms. The molecule has 0 amide bonds. The van der Waals surface area contributed by atoms with Gasteiger partial charge < -0.3 is 21.5 Å². The summed E-state index contributed by atoms with van der Waals surface area (Å²) in [4.78, 5) is 0. The highest BCUT2D eigenvalue weighted by Gasteiger charge is 1.96. The van der Waals surface area contributed by atoms with Crippen molar-refractivity contribution < 1.29 is 4.74 Å². The van der Waals surface area contributed by atoms with Crippen molar-refractivity contribution in [2.45, 2.75) is 52.0 Å². The van der Waals surface area contributed by atoms with Gasteiger partial charge in [-0.05, 0) is 45.7 Å². The van der Waals surface area contributed by atoms with Crippen molar-refractivity contribution in [1.29, 1.82) is 0 Å².